The highest BCUT2D eigenvalue weighted by Crippen LogP contribution is 2.35. The molecule has 1 aliphatic heterocycles. The summed E-state index contributed by atoms with van der Waals surface area (Å²) in [4.78, 5) is 23.1. The zero-order chi connectivity index (χ0) is 16.5. The number of methoxy groups -OCH3 is 1. The third-order valence-electron chi connectivity index (χ3n) is 3.71. The van der Waals surface area contributed by atoms with Crippen molar-refractivity contribution in [1.29, 1.82) is 0 Å². The SMILES string of the molecule is COc1ccc([C@@H]2CN(C(=O)C(F)(F)F)C[C@H]2C(=O)O)cc1. The average molecular weight is 317 g/mol. The lowest BCUT2D eigenvalue weighted by Crippen LogP contribution is -2.40. The summed E-state index contributed by atoms with van der Waals surface area (Å²) in [5, 5.41) is 9.20. The molecule has 22 heavy (non-hydrogen) atoms. The maximum absolute atomic E-state index is 12.5. The molecule has 120 valence electrons. The average Bonchev–Trinajstić information content (AvgIpc) is 2.90. The highest BCUT2D eigenvalue weighted by atomic mass is 19.4. The first kappa shape index (κ1) is 16.1. The number of benzene rings is 1. The standard InChI is InChI=1S/C14H14F3NO4/c1-22-9-4-2-8(3-5-9)10-6-18(7-11(10)12(19)20)13(21)14(15,16)17/h2-5,10-11H,6-7H2,1H3,(H,19,20)/t10-,11+/m0/s1. The first-order valence-electron chi connectivity index (χ1n) is 6.47. The summed E-state index contributed by atoms with van der Waals surface area (Å²) in [6.07, 6.45) is -5.00. The smallest absolute Gasteiger partial charge is 0.471 e. The summed E-state index contributed by atoms with van der Waals surface area (Å²) < 4.78 is 42.5. The predicted molar refractivity (Wildman–Crippen MR) is 69.5 cm³/mol. The van der Waals surface area contributed by atoms with Crippen molar-refractivity contribution in [2.24, 2.45) is 5.92 Å². The molecule has 1 N–H and O–H groups in total. The van der Waals surface area contributed by atoms with Crippen LogP contribution in [0.15, 0.2) is 24.3 Å². The molecule has 1 aliphatic rings. The number of alkyl halides is 3. The maximum atomic E-state index is 12.5. The molecule has 1 amide bonds. The third kappa shape index (κ3) is 3.15. The van der Waals surface area contributed by atoms with E-state index in [1.165, 1.54) is 7.11 Å². The summed E-state index contributed by atoms with van der Waals surface area (Å²) in [6, 6.07) is 6.40. The fourth-order valence-electron chi connectivity index (χ4n) is 2.59. The van der Waals surface area contributed by atoms with Gasteiger partial charge in [-0.05, 0) is 17.7 Å². The van der Waals surface area contributed by atoms with Crippen LogP contribution in [0.2, 0.25) is 0 Å². The molecule has 2 rings (SSSR count). The number of carbonyl (C=O) groups excluding carboxylic acids is 1. The molecule has 0 radical (unpaired) electrons. The number of likely N-dealkylation sites (tertiary alicyclic amines) is 1. The predicted octanol–water partition coefficient (Wildman–Crippen LogP) is 1.88. The number of rotatable bonds is 3. The Hall–Kier alpha value is -2.25. The van der Waals surface area contributed by atoms with E-state index in [1.54, 1.807) is 24.3 Å². The molecule has 1 fully saturated rings. The van der Waals surface area contributed by atoms with Crippen molar-refractivity contribution in [3.05, 3.63) is 29.8 Å². The second-order valence-electron chi connectivity index (χ2n) is 5.03. The number of aliphatic carboxylic acids is 1. The fraction of sp³-hybridized carbons (Fsp3) is 0.429. The molecule has 1 aromatic rings. The van der Waals surface area contributed by atoms with E-state index in [4.69, 9.17) is 4.74 Å². The van der Waals surface area contributed by atoms with Gasteiger partial charge in [-0.3, -0.25) is 9.59 Å². The number of nitrogens with zero attached hydrogens (tertiary/aromatic N) is 1. The van der Waals surface area contributed by atoms with E-state index in [1.807, 2.05) is 0 Å². The van der Waals surface area contributed by atoms with Crippen molar-refractivity contribution in [2.75, 3.05) is 20.2 Å². The van der Waals surface area contributed by atoms with Crippen molar-refractivity contribution < 1.29 is 32.6 Å². The number of carboxylic acids is 1. The Balaban J connectivity index is 2.25. The number of hydrogen-bond acceptors (Lipinski definition) is 3. The Bertz CT molecular complexity index is 570. The van der Waals surface area contributed by atoms with Gasteiger partial charge in [0.1, 0.15) is 5.75 Å². The minimum Gasteiger partial charge on any atom is -0.497 e. The Morgan fingerprint density at radius 3 is 2.27 bits per heavy atom. The van der Waals surface area contributed by atoms with Gasteiger partial charge in [0.25, 0.3) is 0 Å². The molecular formula is C14H14F3NO4. The second-order valence-corrected chi connectivity index (χ2v) is 5.03. The first-order chi connectivity index (χ1) is 10.2. The van der Waals surface area contributed by atoms with Crippen molar-refractivity contribution in [3.8, 4) is 5.75 Å². The highest BCUT2D eigenvalue weighted by Gasteiger charge is 2.48. The van der Waals surface area contributed by atoms with E-state index >= 15 is 0 Å². The van der Waals surface area contributed by atoms with Crippen molar-refractivity contribution in [1.82, 2.24) is 4.90 Å². The molecule has 0 aliphatic carbocycles. The normalized spacial score (nSPS) is 21.7. The van der Waals surface area contributed by atoms with Gasteiger partial charge >= 0.3 is 18.1 Å². The summed E-state index contributed by atoms with van der Waals surface area (Å²) in [7, 11) is 1.47. The van der Waals surface area contributed by atoms with Gasteiger partial charge in [0.15, 0.2) is 0 Å². The zero-order valence-electron chi connectivity index (χ0n) is 11.6. The number of halogens is 3. The molecule has 0 bridgehead atoms. The van der Waals surface area contributed by atoms with Gasteiger partial charge in [-0.25, -0.2) is 0 Å². The molecule has 0 saturated carbocycles. The van der Waals surface area contributed by atoms with Crippen LogP contribution in [-0.4, -0.2) is 48.3 Å². The number of amides is 1. The van der Waals surface area contributed by atoms with Gasteiger partial charge < -0.3 is 14.7 Å². The molecular weight excluding hydrogens is 303 g/mol. The minimum absolute atomic E-state index is 0.276. The van der Waals surface area contributed by atoms with Crippen molar-refractivity contribution in [2.45, 2.75) is 12.1 Å². The number of carboxylic acid groups (broad SMARTS) is 1. The Morgan fingerprint density at radius 2 is 1.82 bits per heavy atom. The summed E-state index contributed by atoms with van der Waals surface area (Å²) in [6.45, 7) is -0.730. The van der Waals surface area contributed by atoms with Crippen molar-refractivity contribution >= 4 is 11.9 Å². The zero-order valence-corrected chi connectivity index (χ0v) is 11.6. The minimum atomic E-state index is -5.00. The summed E-state index contributed by atoms with van der Waals surface area (Å²) >= 11 is 0. The van der Waals surface area contributed by atoms with Gasteiger partial charge in [0.05, 0.1) is 13.0 Å². The van der Waals surface area contributed by atoms with Gasteiger partial charge in [0.2, 0.25) is 0 Å². The van der Waals surface area contributed by atoms with Crippen LogP contribution in [0, 0.1) is 5.92 Å². The lowest BCUT2D eigenvalue weighted by molar-refractivity contribution is -0.184. The fourth-order valence-corrected chi connectivity index (χ4v) is 2.59. The van der Waals surface area contributed by atoms with E-state index < -0.39 is 36.4 Å². The second kappa shape index (κ2) is 5.86. The molecule has 1 aromatic carbocycles. The molecule has 2 atom stereocenters. The quantitative estimate of drug-likeness (QED) is 0.924. The highest BCUT2D eigenvalue weighted by molar-refractivity contribution is 5.83. The summed E-state index contributed by atoms with van der Waals surface area (Å²) in [5.41, 5.74) is 0.561. The maximum Gasteiger partial charge on any atom is 0.471 e. The first-order valence-corrected chi connectivity index (χ1v) is 6.47. The monoisotopic (exact) mass is 317 g/mol. The Labute approximate surface area is 124 Å². The van der Waals surface area contributed by atoms with Crippen LogP contribution in [-0.2, 0) is 9.59 Å². The largest absolute Gasteiger partial charge is 0.497 e. The molecule has 8 heteroatoms. The van der Waals surface area contributed by atoms with E-state index in [9.17, 15) is 27.9 Å². The van der Waals surface area contributed by atoms with Gasteiger partial charge in [0, 0.05) is 19.0 Å². The van der Waals surface area contributed by atoms with Crippen LogP contribution in [0.1, 0.15) is 11.5 Å². The topological polar surface area (TPSA) is 66.8 Å². The lowest BCUT2D eigenvalue weighted by Gasteiger charge is -2.18. The Morgan fingerprint density at radius 1 is 1.23 bits per heavy atom. The van der Waals surface area contributed by atoms with Crippen LogP contribution >= 0.6 is 0 Å². The van der Waals surface area contributed by atoms with Crippen molar-refractivity contribution in [3.63, 3.8) is 0 Å². The number of hydrogen-bond donors (Lipinski definition) is 1. The van der Waals surface area contributed by atoms with Gasteiger partial charge in [-0.15, -0.1) is 0 Å². The summed E-state index contributed by atoms with van der Waals surface area (Å²) in [5.74, 6) is -4.43. The van der Waals surface area contributed by atoms with E-state index in [0.717, 1.165) is 0 Å². The molecule has 5 nitrogen and oxygen atoms in total. The van der Waals surface area contributed by atoms with Gasteiger partial charge in [-0.2, -0.15) is 13.2 Å². The van der Waals surface area contributed by atoms with E-state index in [-0.39, 0.29) is 6.54 Å². The van der Waals surface area contributed by atoms with Crippen LogP contribution in [0.5, 0.6) is 5.75 Å². The third-order valence-corrected chi connectivity index (χ3v) is 3.71. The van der Waals surface area contributed by atoms with Crippen LogP contribution < -0.4 is 4.74 Å². The van der Waals surface area contributed by atoms with E-state index in [2.05, 4.69) is 0 Å². The molecule has 0 spiro atoms. The van der Waals surface area contributed by atoms with E-state index in [0.29, 0.717) is 16.2 Å². The molecule has 1 saturated heterocycles. The molecule has 0 unspecified atom stereocenters. The molecule has 1 heterocycles. The lowest BCUT2D eigenvalue weighted by atomic mass is 9.89. The van der Waals surface area contributed by atoms with Crippen LogP contribution in [0.25, 0.3) is 0 Å². The van der Waals surface area contributed by atoms with Crippen LogP contribution in [0.4, 0.5) is 13.2 Å². The number of carbonyl (C=O) groups is 2. The van der Waals surface area contributed by atoms with Crippen LogP contribution in [0.3, 0.4) is 0 Å². The van der Waals surface area contributed by atoms with Gasteiger partial charge in [-0.1, -0.05) is 12.1 Å². The molecule has 0 aromatic heterocycles. The Kier molecular flexibility index (Phi) is 4.30. The number of ether oxygens (including phenoxy) is 1.